The maximum atomic E-state index is 12.7. The van der Waals surface area contributed by atoms with Gasteiger partial charge in [0.25, 0.3) is 5.91 Å². The Hall–Kier alpha value is -2.93. The predicted molar refractivity (Wildman–Crippen MR) is 120 cm³/mol. The van der Waals surface area contributed by atoms with Crippen LogP contribution in [0.15, 0.2) is 47.5 Å². The van der Waals surface area contributed by atoms with Crippen molar-refractivity contribution in [3.05, 3.63) is 64.3 Å². The van der Waals surface area contributed by atoms with E-state index >= 15 is 0 Å². The first kappa shape index (κ1) is 20.0. The number of benzene rings is 1. The van der Waals surface area contributed by atoms with Crippen LogP contribution >= 0.6 is 0 Å². The molecule has 3 aromatic rings. The zero-order valence-corrected chi connectivity index (χ0v) is 18.0. The first-order valence-corrected chi connectivity index (χ1v) is 11.2. The van der Waals surface area contributed by atoms with Gasteiger partial charge in [-0.05, 0) is 62.4 Å². The van der Waals surface area contributed by atoms with Gasteiger partial charge in [-0.25, -0.2) is 4.79 Å². The number of H-pyrrole nitrogens is 1. The van der Waals surface area contributed by atoms with Crippen molar-refractivity contribution < 1.29 is 4.79 Å². The van der Waals surface area contributed by atoms with Crippen LogP contribution in [0.25, 0.3) is 11.0 Å². The molecule has 1 N–H and O–H groups in total. The molecule has 7 heteroatoms. The number of hydrogen-bond donors (Lipinski definition) is 1. The highest BCUT2D eigenvalue weighted by Gasteiger charge is 2.31. The zero-order valence-electron chi connectivity index (χ0n) is 18.0. The smallest absolute Gasteiger partial charge is 0.326 e. The number of nitrogens with zero attached hydrogens (tertiary/aromatic N) is 4. The summed E-state index contributed by atoms with van der Waals surface area (Å²) in [6.07, 6.45) is 7.31. The van der Waals surface area contributed by atoms with Crippen molar-refractivity contribution in [2.24, 2.45) is 0 Å². The Morgan fingerprint density at radius 2 is 1.77 bits per heavy atom. The molecule has 162 valence electrons. The Balaban J connectivity index is 1.19. The summed E-state index contributed by atoms with van der Waals surface area (Å²) in [5.41, 5.74) is 3.76. The average Bonchev–Trinajstić information content (AvgIpc) is 3.14. The normalized spacial score (nSPS) is 19.2. The minimum atomic E-state index is 0.00118. The van der Waals surface area contributed by atoms with Gasteiger partial charge in [0.2, 0.25) is 0 Å². The van der Waals surface area contributed by atoms with Gasteiger partial charge < -0.3 is 14.8 Å². The van der Waals surface area contributed by atoms with Crippen LogP contribution in [0.5, 0.6) is 0 Å². The number of carbonyl (C=O) groups is 1. The SMILES string of the molecule is Cc1ccc2c(c1)[nH]c(=O)n2C1CCN(C2CCN(C(=O)c3cccnc3)CC2)CC1. The summed E-state index contributed by atoms with van der Waals surface area (Å²) in [7, 11) is 0. The highest BCUT2D eigenvalue weighted by atomic mass is 16.2. The first-order chi connectivity index (χ1) is 15.1. The molecule has 2 fully saturated rings. The molecule has 2 aromatic heterocycles. The van der Waals surface area contributed by atoms with E-state index in [2.05, 4.69) is 27.0 Å². The van der Waals surface area contributed by atoms with Gasteiger partial charge in [-0.15, -0.1) is 0 Å². The number of likely N-dealkylation sites (tertiary alicyclic amines) is 2. The van der Waals surface area contributed by atoms with Gasteiger partial charge in [0.15, 0.2) is 0 Å². The van der Waals surface area contributed by atoms with Crippen LogP contribution in [0.3, 0.4) is 0 Å². The lowest BCUT2D eigenvalue weighted by molar-refractivity contribution is 0.0557. The second kappa shape index (κ2) is 8.30. The molecule has 0 aliphatic carbocycles. The minimum absolute atomic E-state index is 0.00118. The topological polar surface area (TPSA) is 74.2 Å². The number of aromatic amines is 1. The lowest BCUT2D eigenvalue weighted by atomic mass is 9.97. The quantitative estimate of drug-likeness (QED) is 0.708. The molecule has 1 amide bonds. The fourth-order valence-electron chi connectivity index (χ4n) is 5.22. The molecule has 7 nitrogen and oxygen atoms in total. The number of fused-ring (bicyclic) bond motifs is 1. The summed E-state index contributed by atoms with van der Waals surface area (Å²) in [5, 5.41) is 0. The second-order valence-electron chi connectivity index (χ2n) is 8.85. The van der Waals surface area contributed by atoms with Crippen LogP contribution in [0.4, 0.5) is 0 Å². The molecule has 0 saturated carbocycles. The summed E-state index contributed by atoms with van der Waals surface area (Å²) in [4.78, 5) is 36.9. The van der Waals surface area contributed by atoms with Gasteiger partial charge in [0, 0.05) is 50.7 Å². The summed E-state index contributed by atoms with van der Waals surface area (Å²) in [6.45, 7) is 5.62. The number of aryl methyl sites for hydroxylation is 1. The molecule has 1 aromatic carbocycles. The number of carbonyl (C=O) groups excluding carboxylic acids is 1. The van der Waals surface area contributed by atoms with Crippen LogP contribution in [-0.2, 0) is 0 Å². The van der Waals surface area contributed by atoms with Crippen LogP contribution < -0.4 is 5.69 Å². The third-order valence-electron chi connectivity index (χ3n) is 6.91. The predicted octanol–water partition coefficient (Wildman–Crippen LogP) is 2.97. The van der Waals surface area contributed by atoms with Crippen LogP contribution in [0, 0.1) is 6.92 Å². The molecule has 0 atom stereocenters. The third kappa shape index (κ3) is 3.90. The molecule has 0 unspecified atom stereocenters. The van der Waals surface area contributed by atoms with Crippen molar-refractivity contribution >= 4 is 16.9 Å². The number of rotatable bonds is 3. The Labute approximate surface area is 181 Å². The zero-order chi connectivity index (χ0) is 21.4. The number of piperidine rings is 2. The molecule has 2 aliphatic heterocycles. The number of pyridine rings is 1. The maximum absolute atomic E-state index is 12.7. The summed E-state index contributed by atoms with van der Waals surface area (Å²) >= 11 is 0. The van der Waals surface area contributed by atoms with Gasteiger partial charge in [-0.1, -0.05) is 6.07 Å². The van der Waals surface area contributed by atoms with E-state index in [1.807, 2.05) is 34.6 Å². The second-order valence-corrected chi connectivity index (χ2v) is 8.85. The maximum Gasteiger partial charge on any atom is 0.326 e. The Kier molecular flexibility index (Phi) is 5.36. The number of imidazole rings is 1. The molecule has 0 radical (unpaired) electrons. The number of nitrogens with one attached hydrogen (secondary N) is 1. The first-order valence-electron chi connectivity index (χ1n) is 11.2. The van der Waals surface area contributed by atoms with Gasteiger partial charge >= 0.3 is 5.69 Å². The van der Waals surface area contributed by atoms with Crippen LogP contribution in [0.1, 0.15) is 47.6 Å². The van der Waals surface area contributed by atoms with E-state index < -0.39 is 0 Å². The van der Waals surface area contributed by atoms with Crippen molar-refractivity contribution in [2.45, 2.75) is 44.7 Å². The van der Waals surface area contributed by atoms with E-state index in [1.165, 1.54) is 0 Å². The van der Waals surface area contributed by atoms with Gasteiger partial charge in [-0.2, -0.15) is 0 Å². The Morgan fingerprint density at radius 3 is 2.48 bits per heavy atom. The van der Waals surface area contributed by atoms with E-state index in [9.17, 15) is 9.59 Å². The standard InChI is InChI=1S/C24H29N5O2/c1-17-4-5-22-21(15-17)26-24(31)29(22)20-8-11-27(12-9-20)19-6-13-28(14-7-19)23(30)18-3-2-10-25-16-18/h2-5,10,15-16,19-20H,6-9,11-14H2,1H3,(H,26,31). The van der Waals surface area contributed by atoms with Crippen LogP contribution in [0.2, 0.25) is 0 Å². The highest BCUT2D eigenvalue weighted by Crippen LogP contribution is 2.28. The molecular weight excluding hydrogens is 390 g/mol. The molecule has 5 rings (SSSR count). The van der Waals surface area contributed by atoms with Gasteiger partial charge in [0.05, 0.1) is 16.6 Å². The van der Waals surface area contributed by atoms with E-state index in [1.54, 1.807) is 12.4 Å². The lowest BCUT2D eigenvalue weighted by Gasteiger charge is -2.42. The van der Waals surface area contributed by atoms with E-state index in [4.69, 9.17) is 0 Å². The Morgan fingerprint density at radius 1 is 1.03 bits per heavy atom. The lowest BCUT2D eigenvalue weighted by Crippen LogP contribution is -2.49. The van der Waals surface area contributed by atoms with Crippen molar-refractivity contribution in [2.75, 3.05) is 26.2 Å². The van der Waals surface area contributed by atoms with Gasteiger partial charge in [0.1, 0.15) is 0 Å². The van der Waals surface area contributed by atoms with Gasteiger partial charge in [-0.3, -0.25) is 14.3 Å². The number of hydrogen-bond acceptors (Lipinski definition) is 4. The van der Waals surface area contributed by atoms with Crippen LogP contribution in [-0.4, -0.2) is 62.5 Å². The van der Waals surface area contributed by atoms with Crippen molar-refractivity contribution in [3.8, 4) is 0 Å². The largest absolute Gasteiger partial charge is 0.338 e. The average molecular weight is 420 g/mol. The highest BCUT2D eigenvalue weighted by molar-refractivity contribution is 5.93. The van der Waals surface area contributed by atoms with Crippen molar-refractivity contribution in [1.29, 1.82) is 0 Å². The summed E-state index contributed by atoms with van der Waals surface area (Å²) in [6, 6.07) is 10.6. The van der Waals surface area contributed by atoms with E-state index in [0.29, 0.717) is 11.6 Å². The molecule has 2 aliphatic rings. The van der Waals surface area contributed by atoms with E-state index in [0.717, 1.165) is 68.5 Å². The molecule has 31 heavy (non-hydrogen) atoms. The summed E-state index contributed by atoms with van der Waals surface area (Å²) < 4.78 is 1.96. The fourth-order valence-corrected chi connectivity index (χ4v) is 5.22. The van der Waals surface area contributed by atoms with Crippen molar-refractivity contribution in [3.63, 3.8) is 0 Å². The molecule has 0 bridgehead atoms. The number of aromatic nitrogens is 3. The Bertz CT molecular complexity index is 1120. The fraction of sp³-hybridized carbons (Fsp3) is 0.458. The number of amides is 1. The summed E-state index contributed by atoms with van der Waals surface area (Å²) in [5.74, 6) is 0.0826. The third-order valence-corrected chi connectivity index (χ3v) is 6.91. The minimum Gasteiger partial charge on any atom is -0.338 e. The van der Waals surface area contributed by atoms with E-state index in [-0.39, 0.29) is 17.6 Å². The monoisotopic (exact) mass is 419 g/mol. The molecule has 2 saturated heterocycles. The molecule has 0 spiro atoms. The van der Waals surface area contributed by atoms with Crippen molar-refractivity contribution in [1.82, 2.24) is 24.3 Å². The molecular formula is C24H29N5O2. The molecule has 4 heterocycles.